The van der Waals surface area contributed by atoms with Gasteiger partial charge in [-0.1, -0.05) is 44.5 Å². The van der Waals surface area contributed by atoms with E-state index in [1.807, 2.05) is 32.9 Å². The quantitative estimate of drug-likeness (QED) is 0.773. The van der Waals surface area contributed by atoms with Crippen LogP contribution >= 0.6 is 0 Å². The summed E-state index contributed by atoms with van der Waals surface area (Å²) in [5.41, 5.74) is 4.33. The van der Waals surface area contributed by atoms with Crippen LogP contribution in [-0.4, -0.2) is 41.2 Å². The monoisotopic (exact) mass is 354 g/mol. The summed E-state index contributed by atoms with van der Waals surface area (Å²) < 4.78 is 0. The largest absolute Gasteiger partial charge is 0.366 e. The molecule has 0 aliphatic carbocycles. The molecule has 2 atom stereocenters. The number of hydrogen-bond acceptors (Lipinski definition) is 3. The van der Waals surface area contributed by atoms with E-state index in [-0.39, 0.29) is 11.8 Å². The second-order valence-electron chi connectivity index (χ2n) is 8.15. The number of imide groups is 1. The van der Waals surface area contributed by atoms with E-state index in [1.165, 1.54) is 11.3 Å². The molecule has 0 aromatic heterocycles. The first kappa shape index (κ1) is 18.7. The van der Waals surface area contributed by atoms with Crippen LogP contribution in [0.1, 0.15) is 50.3 Å². The molecule has 140 valence electrons. The van der Waals surface area contributed by atoms with Crippen LogP contribution in [0.3, 0.4) is 0 Å². The van der Waals surface area contributed by atoms with Crippen molar-refractivity contribution in [3.63, 3.8) is 0 Å². The number of carbonyl (C=O) groups excluding carboxylic acids is 2. The lowest BCUT2D eigenvalue weighted by Crippen LogP contribution is -2.42. The Hall–Kier alpha value is -2.10. The third-order valence-electron chi connectivity index (χ3n) is 5.43. The standard InChI is InChI=1S/C22H30N2O2/c1-6-9-24-21(25)19(18-8-7-14(2)11-17(18)5)20(22(24)26)23-12-15(3)10-16(4)13-23/h7-8,11,15-16H,6,9-10,12-13H2,1-5H3. The number of rotatable bonds is 4. The van der Waals surface area contributed by atoms with E-state index in [4.69, 9.17) is 0 Å². The van der Waals surface area contributed by atoms with Crippen molar-refractivity contribution in [1.82, 2.24) is 9.80 Å². The molecule has 2 aliphatic heterocycles. The van der Waals surface area contributed by atoms with E-state index < -0.39 is 0 Å². The topological polar surface area (TPSA) is 40.6 Å². The molecule has 2 amide bonds. The number of nitrogens with zero attached hydrogens (tertiary/aromatic N) is 2. The first-order valence-corrected chi connectivity index (χ1v) is 9.76. The summed E-state index contributed by atoms with van der Waals surface area (Å²) in [5, 5.41) is 0. The predicted octanol–water partition coefficient (Wildman–Crippen LogP) is 3.77. The van der Waals surface area contributed by atoms with Crippen LogP contribution in [0.25, 0.3) is 5.57 Å². The highest BCUT2D eigenvalue weighted by Gasteiger charge is 2.42. The molecule has 1 aromatic rings. The molecule has 1 fully saturated rings. The first-order valence-electron chi connectivity index (χ1n) is 9.76. The third-order valence-corrected chi connectivity index (χ3v) is 5.43. The normalized spacial score (nSPS) is 24.0. The molecule has 1 saturated heterocycles. The zero-order valence-electron chi connectivity index (χ0n) is 16.6. The van der Waals surface area contributed by atoms with Crippen molar-refractivity contribution < 1.29 is 9.59 Å². The van der Waals surface area contributed by atoms with E-state index in [1.54, 1.807) is 0 Å². The Morgan fingerprint density at radius 1 is 1.04 bits per heavy atom. The highest BCUT2D eigenvalue weighted by Crippen LogP contribution is 2.36. The number of aryl methyl sites for hydroxylation is 2. The Kier molecular flexibility index (Phi) is 5.22. The van der Waals surface area contributed by atoms with Crippen LogP contribution in [0.4, 0.5) is 0 Å². The van der Waals surface area contributed by atoms with Crippen molar-refractivity contribution in [3.05, 3.63) is 40.6 Å². The number of carbonyl (C=O) groups is 2. The molecule has 0 saturated carbocycles. The molecular weight excluding hydrogens is 324 g/mol. The van der Waals surface area contributed by atoms with E-state index >= 15 is 0 Å². The van der Waals surface area contributed by atoms with E-state index in [0.717, 1.165) is 36.2 Å². The van der Waals surface area contributed by atoms with Gasteiger partial charge in [-0.2, -0.15) is 0 Å². The lowest BCUT2D eigenvalue weighted by atomic mass is 9.90. The van der Waals surface area contributed by atoms with Gasteiger partial charge in [0.2, 0.25) is 0 Å². The van der Waals surface area contributed by atoms with Gasteiger partial charge in [-0.05, 0) is 49.7 Å². The summed E-state index contributed by atoms with van der Waals surface area (Å²) in [5.74, 6) is 0.794. The van der Waals surface area contributed by atoms with Crippen LogP contribution in [0.15, 0.2) is 23.9 Å². The maximum absolute atomic E-state index is 13.2. The minimum atomic E-state index is -0.135. The van der Waals surface area contributed by atoms with Gasteiger partial charge in [-0.15, -0.1) is 0 Å². The number of benzene rings is 1. The molecule has 0 radical (unpaired) electrons. The Labute approximate surface area is 156 Å². The van der Waals surface area contributed by atoms with Gasteiger partial charge in [0, 0.05) is 19.6 Å². The summed E-state index contributed by atoms with van der Waals surface area (Å²) in [6.07, 6.45) is 1.95. The van der Waals surface area contributed by atoms with E-state index in [0.29, 0.717) is 29.7 Å². The van der Waals surface area contributed by atoms with Crippen molar-refractivity contribution in [2.24, 2.45) is 11.8 Å². The molecular formula is C22H30N2O2. The summed E-state index contributed by atoms with van der Waals surface area (Å²) in [4.78, 5) is 30.0. The van der Waals surface area contributed by atoms with Crippen molar-refractivity contribution in [2.75, 3.05) is 19.6 Å². The van der Waals surface area contributed by atoms with Crippen LogP contribution in [0.5, 0.6) is 0 Å². The zero-order valence-corrected chi connectivity index (χ0v) is 16.6. The third kappa shape index (κ3) is 3.29. The summed E-state index contributed by atoms with van der Waals surface area (Å²) in [7, 11) is 0. The lowest BCUT2D eigenvalue weighted by molar-refractivity contribution is -0.137. The zero-order chi connectivity index (χ0) is 19.0. The number of likely N-dealkylation sites (tertiary alicyclic amines) is 1. The Bertz CT molecular complexity index is 755. The highest BCUT2D eigenvalue weighted by molar-refractivity contribution is 6.35. The van der Waals surface area contributed by atoms with Gasteiger partial charge in [0.05, 0.1) is 5.57 Å². The molecule has 4 nitrogen and oxygen atoms in total. The fourth-order valence-electron chi connectivity index (χ4n) is 4.47. The molecule has 0 spiro atoms. The summed E-state index contributed by atoms with van der Waals surface area (Å²) >= 11 is 0. The Morgan fingerprint density at radius 2 is 1.69 bits per heavy atom. The maximum Gasteiger partial charge on any atom is 0.277 e. The average Bonchev–Trinajstić information content (AvgIpc) is 2.79. The van der Waals surface area contributed by atoms with Gasteiger partial charge in [0.15, 0.2) is 0 Å². The van der Waals surface area contributed by atoms with Gasteiger partial charge in [-0.25, -0.2) is 0 Å². The number of amides is 2. The van der Waals surface area contributed by atoms with Crippen molar-refractivity contribution in [2.45, 2.75) is 47.5 Å². The molecule has 1 aromatic carbocycles. The van der Waals surface area contributed by atoms with Crippen LogP contribution in [0, 0.1) is 25.7 Å². The van der Waals surface area contributed by atoms with Gasteiger partial charge >= 0.3 is 0 Å². The summed E-state index contributed by atoms with van der Waals surface area (Å²) in [6, 6.07) is 6.10. The fraction of sp³-hybridized carbons (Fsp3) is 0.545. The number of hydrogen-bond donors (Lipinski definition) is 0. The molecule has 2 aliphatic rings. The van der Waals surface area contributed by atoms with Gasteiger partial charge in [0.1, 0.15) is 5.70 Å². The van der Waals surface area contributed by atoms with Gasteiger partial charge in [-0.3, -0.25) is 14.5 Å². The van der Waals surface area contributed by atoms with Crippen LogP contribution in [-0.2, 0) is 9.59 Å². The SMILES string of the molecule is CCCN1C(=O)C(c2ccc(C)cc2C)=C(N2CC(C)CC(C)C2)C1=O. The minimum Gasteiger partial charge on any atom is -0.366 e. The van der Waals surface area contributed by atoms with Gasteiger partial charge in [0.25, 0.3) is 11.8 Å². The molecule has 0 bridgehead atoms. The van der Waals surface area contributed by atoms with Crippen molar-refractivity contribution in [3.8, 4) is 0 Å². The molecule has 2 heterocycles. The Morgan fingerprint density at radius 3 is 2.27 bits per heavy atom. The molecule has 0 N–H and O–H groups in total. The van der Waals surface area contributed by atoms with Gasteiger partial charge < -0.3 is 4.90 Å². The first-order chi connectivity index (χ1) is 12.3. The second-order valence-corrected chi connectivity index (χ2v) is 8.15. The molecule has 3 rings (SSSR count). The van der Waals surface area contributed by atoms with Crippen LogP contribution in [0.2, 0.25) is 0 Å². The smallest absolute Gasteiger partial charge is 0.277 e. The Balaban J connectivity index is 2.13. The van der Waals surface area contributed by atoms with Crippen LogP contribution < -0.4 is 0 Å². The van der Waals surface area contributed by atoms with Crippen molar-refractivity contribution >= 4 is 17.4 Å². The minimum absolute atomic E-state index is 0.117. The average molecular weight is 354 g/mol. The molecule has 26 heavy (non-hydrogen) atoms. The highest BCUT2D eigenvalue weighted by atomic mass is 16.2. The predicted molar refractivity (Wildman–Crippen MR) is 104 cm³/mol. The van der Waals surface area contributed by atoms with E-state index in [9.17, 15) is 9.59 Å². The summed E-state index contributed by atoms with van der Waals surface area (Å²) in [6.45, 7) is 12.7. The number of piperidine rings is 1. The maximum atomic E-state index is 13.2. The second kappa shape index (κ2) is 7.26. The molecule has 4 heteroatoms. The molecule has 2 unspecified atom stereocenters. The van der Waals surface area contributed by atoms with E-state index in [2.05, 4.69) is 24.8 Å². The lowest BCUT2D eigenvalue weighted by Gasteiger charge is -2.37. The van der Waals surface area contributed by atoms with Crippen molar-refractivity contribution in [1.29, 1.82) is 0 Å². The fourth-order valence-corrected chi connectivity index (χ4v) is 4.47.